The zero-order valence-electron chi connectivity index (χ0n) is 10.0. The van der Waals surface area contributed by atoms with Crippen LogP contribution in [0.4, 0.5) is 0 Å². The molecule has 1 N–H and O–H groups in total. The molecule has 1 aromatic heterocycles. The van der Waals surface area contributed by atoms with Crippen molar-refractivity contribution in [3.63, 3.8) is 0 Å². The molecule has 0 bridgehead atoms. The van der Waals surface area contributed by atoms with Gasteiger partial charge in [0.15, 0.2) is 0 Å². The summed E-state index contributed by atoms with van der Waals surface area (Å²) in [6.45, 7) is 5.91. The standard InChI is InChI=1S/C13H18O3/c1-13(2,3)11-10(12(14)15)7-9(16-11)6-8-4-5-8/h7-8H,4-6H2,1-3H3,(H,14,15). The van der Waals surface area contributed by atoms with E-state index in [2.05, 4.69) is 0 Å². The Labute approximate surface area is 95.5 Å². The first-order valence-electron chi connectivity index (χ1n) is 5.74. The Morgan fingerprint density at radius 1 is 1.50 bits per heavy atom. The molecule has 0 saturated heterocycles. The fourth-order valence-electron chi connectivity index (χ4n) is 1.87. The fourth-order valence-corrected chi connectivity index (χ4v) is 1.87. The summed E-state index contributed by atoms with van der Waals surface area (Å²) in [6, 6.07) is 1.70. The van der Waals surface area contributed by atoms with Crippen LogP contribution in [0.15, 0.2) is 10.5 Å². The van der Waals surface area contributed by atoms with Gasteiger partial charge in [-0.05, 0) is 24.8 Å². The third-order valence-electron chi connectivity index (χ3n) is 2.88. The van der Waals surface area contributed by atoms with Gasteiger partial charge in [-0.15, -0.1) is 0 Å². The Morgan fingerprint density at radius 3 is 2.50 bits per heavy atom. The van der Waals surface area contributed by atoms with Crippen LogP contribution in [0.3, 0.4) is 0 Å². The van der Waals surface area contributed by atoms with Crippen LogP contribution < -0.4 is 0 Å². The second-order valence-corrected chi connectivity index (χ2v) is 5.66. The van der Waals surface area contributed by atoms with Crippen molar-refractivity contribution in [2.24, 2.45) is 5.92 Å². The molecule has 0 radical (unpaired) electrons. The van der Waals surface area contributed by atoms with Gasteiger partial charge in [0.1, 0.15) is 17.1 Å². The van der Waals surface area contributed by atoms with Crippen molar-refractivity contribution in [2.45, 2.75) is 45.4 Å². The largest absolute Gasteiger partial charge is 0.478 e. The molecule has 3 heteroatoms. The van der Waals surface area contributed by atoms with E-state index in [0.29, 0.717) is 17.2 Å². The first-order chi connectivity index (χ1) is 7.38. The monoisotopic (exact) mass is 222 g/mol. The number of hydrogen-bond acceptors (Lipinski definition) is 2. The minimum absolute atomic E-state index is 0.254. The van der Waals surface area contributed by atoms with Crippen molar-refractivity contribution < 1.29 is 14.3 Å². The molecule has 2 rings (SSSR count). The minimum atomic E-state index is -0.893. The quantitative estimate of drug-likeness (QED) is 0.854. The van der Waals surface area contributed by atoms with Crippen molar-refractivity contribution >= 4 is 5.97 Å². The SMILES string of the molecule is CC(C)(C)c1oc(CC2CC2)cc1C(=O)O. The molecule has 0 spiro atoms. The van der Waals surface area contributed by atoms with Gasteiger partial charge < -0.3 is 9.52 Å². The van der Waals surface area contributed by atoms with E-state index in [0.717, 1.165) is 12.2 Å². The molecule has 1 heterocycles. The van der Waals surface area contributed by atoms with E-state index >= 15 is 0 Å². The van der Waals surface area contributed by atoms with Crippen molar-refractivity contribution in [1.82, 2.24) is 0 Å². The Hall–Kier alpha value is -1.25. The molecule has 0 aliphatic heterocycles. The number of aromatic carboxylic acids is 1. The van der Waals surface area contributed by atoms with Crippen LogP contribution in [0.2, 0.25) is 0 Å². The van der Waals surface area contributed by atoms with Gasteiger partial charge in [-0.2, -0.15) is 0 Å². The molecular weight excluding hydrogens is 204 g/mol. The summed E-state index contributed by atoms with van der Waals surface area (Å²) >= 11 is 0. The molecule has 0 atom stereocenters. The van der Waals surface area contributed by atoms with E-state index < -0.39 is 5.97 Å². The number of hydrogen-bond donors (Lipinski definition) is 1. The number of carboxylic acids is 1. The van der Waals surface area contributed by atoms with Crippen LogP contribution >= 0.6 is 0 Å². The summed E-state index contributed by atoms with van der Waals surface area (Å²) in [7, 11) is 0. The molecule has 1 aliphatic carbocycles. The third-order valence-corrected chi connectivity index (χ3v) is 2.88. The predicted molar refractivity (Wildman–Crippen MR) is 60.8 cm³/mol. The molecule has 16 heavy (non-hydrogen) atoms. The summed E-state index contributed by atoms with van der Waals surface area (Å²) < 4.78 is 5.71. The molecular formula is C13H18O3. The maximum absolute atomic E-state index is 11.1. The lowest BCUT2D eigenvalue weighted by atomic mass is 9.90. The average Bonchev–Trinajstić information content (AvgIpc) is 2.79. The van der Waals surface area contributed by atoms with Crippen LogP contribution in [0.25, 0.3) is 0 Å². The lowest BCUT2D eigenvalue weighted by molar-refractivity contribution is 0.0692. The third kappa shape index (κ3) is 2.29. The molecule has 1 aliphatic rings. The summed E-state index contributed by atoms with van der Waals surface area (Å²) in [5, 5.41) is 9.13. The van der Waals surface area contributed by atoms with E-state index in [1.165, 1.54) is 12.8 Å². The van der Waals surface area contributed by atoms with Crippen LogP contribution in [0.1, 0.15) is 55.5 Å². The first kappa shape index (κ1) is 11.2. The first-order valence-corrected chi connectivity index (χ1v) is 5.74. The van der Waals surface area contributed by atoms with Crippen LogP contribution in [0, 0.1) is 5.92 Å². The molecule has 0 aromatic carbocycles. The minimum Gasteiger partial charge on any atom is -0.478 e. The highest BCUT2D eigenvalue weighted by molar-refractivity contribution is 5.89. The van der Waals surface area contributed by atoms with E-state index in [1.807, 2.05) is 20.8 Å². The van der Waals surface area contributed by atoms with Crippen molar-refractivity contribution in [3.8, 4) is 0 Å². The number of carbonyl (C=O) groups is 1. The zero-order chi connectivity index (χ0) is 11.9. The fraction of sp³-hybridized carbons (Fsp3) is 0.615. The maximum atomic E-state index is 11.1. The van der Waals surface area contributed by atoms with E-state index in [9.17, 15) is 4.79 Å². The van der Waals surface area contributed by atoms with E-state index in [4.69, 9.17) is 9.52 Å². The molecule has 1 fully saturated rings. The summed E-state index contributed by atoms with van der Waals surface area (Å²) in [6.07, 6.45) is 3.37. The van der Waals surface area contributed by atoms with Gasteiger partial charge in [-0.3, -0.25) is 0 Å². The lowest BCUT2D eigenvalue weighted by Crippen LogP contribution is -2.14. The molecule has 0 amide bonds. The van der Waals surface area contributed by atoms with Crippen LogP contribution in [-0.4, -0.2) is 11.1 Å². The van der Waals surface area contributed by atoms with E-state index in [1.54, 1.807) is 6.07 Å². The maximum Gasteiger partial charge on any atom is 0.339 e. The van der Waals surface area contributed by atoms with Gasteiger partial charge in [0.05, 0.1) is 0 Å². The van der Waals surface area contributed by atoms with Gasteiger partial charge >= 0.3 is 5.97 Å². The predicted octanol–water partition coefficient (Wildman–Crippen LogP) is 3.23. The Morgan fingerprint density at radius 2 is 2.12 bits per heavy atom. The summed E-state index contributed by atoms with van der Waals surface area (Å²) in [5.41, 5.74) is 0.0679. The average molecular weight is 222 g/mol. The molecule has 0 unspecified atom stereocenters. The molecule has 1 saturated carbocycles. The highest BCUT2D eigenvalue weighted by Gasteiger charge is 2.29. The van der Waals surface area contributed by atoms with Crippen molar-refractivity contribution in [2.75, 3.05) is 0 Å². The second-order valence-electron chi connectivity index (χ2n) is 5.66. The smallest absolute Gasteiger partial charge is 0.339 e. The topological polar surface area (TPSA) is 50.4 Å². The molecule has 1 aromatic rings. The molecule has 88 valence electrons. The number of carboxylic acid groups (broad SMARTS) is 1. The van der Waals surface area contributed by atoms with Crippen molar-refractivity contribution in [3.05, 3.63) is 23.2 Å². The summed E-state index contributed by atoms with van der Waals surface area (Å²) in [4.78, 5) is 11.1. The van der Waals surface area contributed by atoms with Gasteiger partial charge in [0.25, 0.3) is 0 Å². The van der Waals surface area contributed by atoms with E-state index in [-0.39, 0.29) is 5.41 Å². The highest BCUT2D eigenvalue weighted by atomic mass is 16.4. The molecule has 3 nitrogen and oxygen atoms in total. The van der Waals surface area contributed by atoms with Gasteiger partial charge in [-0.25, -0.2) is 4.79 Å². The van der Waals surface area contributed by atoms with Gasteiger partial charge in [-0.1, -0.05) is 20.8 Å². The Kier molecular flexibility index (Phi) is 2.56. The normalized spacial score (nSPS) is 16.4. The zero-order valence-corrected chi connectivity index (χ0v) is 10.0. The number of rotatable bonds is 3. The number of furan rings is 1. The second kappa shape index (κ2) is 3.65. The van der Waals surface area contributed by atoms with Crippen LogP contribution in [-0.2, 0) is 11.8 Å². The Bertz CT molecular complexity index is 405. The summed E-state index contributed by atoms with van der Waals surface area (Å²) in [5.74, 6) is 1.23. The van der Waals surface area contributed by atoms with Crippen LogP contribution in [0.5, 0.6) is 0 Å². The van der Waals surface area contributed by atoms with Gasteiger partial charge in [0.2, 0.25) is 0 Å². The van der Waals surface area contributed by atoms with Gasteiger partial charge in [0, 0.05) is 11.8 Å². The lowest BCUT2D eigenvalue weighted by Gasteiger charge is -2.15. The highest BCUT2D eigenvalue weighted by Crippen LogP contribution is 2.35. The Balaban J connectivity index is 2.32. The van der Waals surface area contributed by atoms with Crippen molar-refractivity contribution in [1.29, 1.82) is 0 Å².